The molecule has 0 spiro atoms. The normalized spacial score (nSPS) is 10.5. The van der Waals surface area contributed by atoms with Gasteiger partial charge >= 0.3 is 0 Å². The van der Waals surface area contributed by atoms with Crippen molar-refractivity contribution < 1.29 is 4.79 Å². The quantitative estimate of drug-likeness (QED) is 0.807. The second-order valence-corrected chi connectivity index (χ2v) is 5.08. The monoisotopic (exact) mass is 292 g/mol. The fraction of sp³-hybridized carbons (Fsp3) is 0.118. The van der Waals surface area contributed by atoms with Gasteiger partial charge in [0.1, 0.15) is 11.4 Å². The van der Waals surface area contributed by atoms with Gasteiger partial charge < -0.3 is 4.90 Å². The minimum Gasteiger partial charge on any atom is -0.310 e. The summed E-state index contributed by atoms with van der Waals surface area (Å²) in [7, 11) is 1.74. The van der Waals surface area contributed by atoms with Crippen LogP contribution in [0.25, 0.3) is 11.4 Å². The van der Waals surface area contributed by atoms with Crippen LogP contribution in [0.15, 0.2) is 54.7 Å². The summed E-state index contributed by atoms with van der Waals surface area (Å²) in [5.74, 6) is -0.140. The first-order valence-corrected chi connectivity index (χ1v) is 6.96. The molecule has 0 fully saturated rings. The summed E-state index contributed by atoms with van der Waals surface area (Å²) in [4.78, 5) is 18.3. The predicted molar refractivity (Wildman–Crippen MR) is 85.7 cm³/mol. The number of nitrogens with zero attached hydrogens (tertiary/aromatic N) is 3. The van der Waals surface area contributed by atoms with E-state index < -0.39 is 0 Å². The van der Waals surface area contributed by atoms with E-state index in [1.165, 1.54) is 0 Å². The fourth-order valence-electron chi connectivity index (χ4n) is 2.14. The van der Waals surface area contributed by atoms with Crippen molar-refractivity contribution in [3.05, 3.63) is 66.0 Å². The Balaban J connectivity index is 1.84. The molecule has 0 atom stereocenters. The topological polar surface area (TPSA) is 61.9 Å². The molecule has 0 saturated heterocycles. The van der Waals surface area contributed by atoms with Crippen LogP contribution in [0.5, 0.6) is 0 Å². The van der Waals surface area contributed by atoms with E-state index in [1.54, 1.807) is 24.2 Å². The molecule has 22 heavy (non-hydrogen) atoms. The molecule has 0 bridgehead atoms. The van der Waals surface area contributed by atoms with Gasteiger partial charge in [0, 0.05) is 18.9 Å². The first-order chi connectivity index (χ1) is 10.6. The Labute approximate surface area is 128 Å². The van der Waals surface area contributed by atoms with Crippen LogP contribution < -0.4 is 4.90 Å². The molecule has 0 unspecified atom stereocenters. The fourth-order valence-corrected chi connectivity index (χ4v) is 2.14. The molecule has 110 valence electrons. The van der Waals surface area contributed by atoms with Crippen molar-refractivity contribution in [3.8, 4) is 11.4 Å². The van der Waals surface area contributed by atoms with Crippen molar-refractivity contribution in [1.82, 2.24) is 15.2 Å². The number of aromatic nitrogens is 3. The second kappa shape index (κ2) is 5.81. The number of amides is 1. The third kappa shape index (κ3) is 2.74. The highest BCUT2D eigenvalue weighted by atomic mass is 16.2. The van der Waals surface area contributed by atoms with Crippen molar-refractivity contribution >= 4 is 11.6 Å². The van der Waals surface area contributed by atoms with Gasteiger partial charge in [0.2, 0.25) is 0 Å². The Morgan fingerprint density at radius 2 is 1.86 bits per heavy atom. The lowest BCUT2D eigenvalue weighted by molar-refractivity contribution is 0.0988. The summed E-state index contributed by atoms with van der Waals surface area (Å²) in [6, 6.07) is 15.1. The summed E-state index contributed by atoms with van der Waals surface area (Å²) < 4.78 is 0. The summed E-state index contributed by atoms with van der Waals surface area (Å²) in [6.07, 6.45) is 1.70. The van der Waals surface area contributed by atoms with Gasteiger partial charge in [-0.3, -0.25) is 14.9 Å². The molecule has 2 aromatic heterocycles. The van der Waals surface area contributed by atoms with Crippen LogP contribution in [0, 0.1) is 6.92 Å². The lowest BCUT2D eigenvalue weighted by Crippen LogP contribution is -2.26. The number of benzene rings is 1. The molecule has 2 heterocycles. The van der Waals surface area contributed by atoms with Crippen LogP contribution in [0.2, 0.25) is 0 Å². The van der Waals surface area contributed by atoms with Crippen molar-refractivity contribution in [3.63, 3.8) is 0 Å². The molecule has 0 aliphatic heterocycles. The van der Waals surface area contributed by atoms with E-state index in [2.05, 4.69) is 15.2 Å². The van der Waals surface area contributed by atoms with Crippen LogP contribution in [-0.4, -0.2) is 28.1 Å². The van der Waals surface area contributed by atoms with Crippen molar-refractivity contribution in [1.29, 1.82) is 0 Å². The molecule has 1 aromatic carbocycles. The van der Waals surface area contributed by atoms with Crippen molar-refractivity contribution in [2.75, 3.05) is 11.9 Å². The van der Waals surface area contributed by atoms with Gasteiger partial charge in [-0.1, -0.05) is 23.8 Å². The number of anilines is 1. The zero-order chi connectivity index (χ0) is 15.5. The smallest absolute Gasteiger partial charge is 0.276 e. The third-order valence-corrected chi connectivity index (χ3v) is 3.46. The van der Waals surface area contributed by atoms with E-state index in [-0.39, 0.29) is 5.91 Å². The number of aryl methyl sites for hydroxylation is 1. The first kappa shape index (κ1) is 14.0. The van der Waals surface area contributed by atoms with Crippen LogP contribution >= 0.6 is 0 Å². The molecule has 3 aromatic rings. The maximum absolute atomic E-state index is 12.5. The zero-order valence-corrected chi connectivity index (χ0v) is 12.4. The van der Waals surface area contributed by atoms with E-state index in [0.29, 0.717) is 11.4 Å². The lowest BCUT2D eigenvalue weighted by Gasteiger charge is -2.16. The number of aromatic amines is 1. The van der Waals surface area contributed by atoms with E-state index in [4.69, 9.17) is 0 Å². The van der Waals surface area contributed by atoms with E-state index in [9.17, 15) is 4.79 Å². The van der Waals surface area contributed by atoms with Crippen LogP contribution in [0.4, 0.5) is 5.69 Å². The largest absolute Gasteiger partial charge is 0.310 e. The van der Waals surface area contributed by atoms with Gasteiger partial charge in [-0.2, -0.15) is 5.10 Å². The summed E-state index contributed by atoms with van der Waals surface area (Å²) in [5.41, 5.74) is 3.81. The molecule has 0 aliphatic carbocycles. The van der Waals surface area contributed by atoms with Crippen LogP contribution in [0.3, 0.4) is 0 Å². The minimum absolute atomic E-state index is 0.140. The highest BCUT2D eigenvalue weighted by Crippen LogP contribution is 2.18. The molecular weight excluding hydrogens is 276 g/mol. The minimum atomic E-state index is -0.140. The average molecular weight is 292 g/mol. The summed E-state index contributed by atoms with van der Waals surface area (Å²) in [5, 5.41) is 6.95. The molecule has 0 aliphatic rings. The number of rotatable bonds is 3. The number of carbonyl (C=O) groups is 1. The number of pyridine rings is 1. The lowest BCUT2D eigenvalue weighted by atomic mass is 10.2. The van der Waals surface area contributed by atoms with Crippen LogP contribution in [0.1, 0.15) is 16.1 Å². The van der Waals surface area contributed by atoms with E-state index in [1.807, 2.05) is 49.4 Å². The molecule has 1 N–H and O–H groups in total. The highest BCUT2D eigenvalue weighted by Gasteiger charge is 2.17. The Morgan fingerprint density at radius 1 is 1.09 bits per heavy atom. The Kier molecular flexibility index (Phi) is 3.70. The molecule has 5 heteroatoms. The van der Waals surface area contributed by atoms with Gasteiger partial charge in [0.25, 0.3) is 5.91 Å². The van der Waals surface area contributed by atoms with Gasteiger partial charge in [-0.05, 0) is 37.3 Å². The summed E-state index contributed by atoms with van der Waals surface area (Å²) in [6.45, 7) is 2.01. The van der Waals surface area contributed by atoms with Gasteiger partial charge in [0.15, 0.2) is 0 Å². The molecule has 3 rings (SSSR count). The Morgan fingerprint density at radius 3 is 2.55 bits per heavy atom. The van der Waals surface area contributed by atoms with Crippen molar-refractivity contribution in [2.24, 2.45) is 0 Å². The van der Waals surface area contributed by atoms with Gasteiger partial charge in [0.05, 0.1) is 5.69 Å². The van der Waals surface area contributed by atoms with E-state index in [0.717, 1.165) is 16.9 Å². The van der Waals surface area contributed by atoms with E-state index >= 15 is 0 Å². The third-order valence-electron chi connectivity index (χ3n) is 3.46. The Bertz CT molecular complexity index is 778. The molecule has 1 amide bonds. The Hall–Kier alpha value is -2.95. The summed E-state index contributed by atoms with van der Waals surface area (Å²) >= 11 is 0. The molecular formula is C17H16N4O. The highest BCUT2D eigenvalue weighted by molar-refractivity contribution is 6.04. The number of carbonyl (C=O) groups excluding carboxylic acids is 1. The number of nitrogens with one attached hydrogen (secondary N) is 1. The van der Waals surface area contributed by atoms with Crippen LogP contribution in [-0.2, 0) is 0 Å². The first-order valence-electron chi connectivity index (χ1n) is 6.96. The predicted octanol–water partition coefficient (Wildman–Crippen LogP) is 3.06. The standard InChI is InChI=1S/C17H16N4O/c1-12-6-8-13(9-7-12)21(2)17(22)16-11-15(19-20-16)14-5-3-4-10-18-14/h3-11H,1-2H3,(H,19,20). The molecule has 5 nitrogen and oxygen atoms in total. The number of hydrogen-bond donors (Lipinski definition) is 1. The molecule has 0 saturated carbocycles. The van der Waals surface area contributed by atoms with Gasteiger partial charge in [-0.15, -0.1) is 0 Å². The number of H-pyrrole nitrogens is 1. The zero-order valence-electron chi connectivity index (χ0n) is 12.4. The number of hydrogen-bond acceptors (Lipinski definition) is 3. The van der Waals surface area contributed by atoms with Gasteiger partial charge in [-0.25, -0.2) is 0 Å². The maximum Gasteiger partial charge on any atom is 0.276 e. The average Bonchev–Trinajstić information content (AvgIpc) is 3.05. The SMILES string of the molecule is Cc1ccc(N(C)C(=O)c2cc(-c3ccccn3)n[nH]2)cc1. The molecule has 0 radical (unpaired) electrons. The maximum atomic E-state index is 12.5. The van der Waals surface area contributed by atoms with Crippen molar-refractivity contribution in [2.45, 2.75) is 6.92 Å². The second-order valence-electron chi connectivity index (χ2n) is 5.08.